The predicted octanol–water partition coefficient (Wildman–Crippen LogP) is 16.7. The number of nitrogens with one attached hydrogen (secondary N) is 2. The van der Waals surface area contributed by atoms with Gasteiger partial charge in [-0.15, -0.1) is 34.0 Å². The lowest BCUT2D eigenvalue weighted by Crippen LogP contribution is -2.43. The van der Waals surface area contributed by atoms with Crippen LogP contribution in [0.15, 0.2) is 70.7 Å². The average Bonchev–Trinajstić information content (AvgIpc) is 0.971. The molecule has 3 aliphatic heterocycles. The second kappa shape index (κ2) is 31.7. The summed E-state index contributed by atoms with van der Waals surface area (Å²) in [5, 5.41) is 26.8. The Hall–Kier alpha value is -5.60. The minimum Gasteiger partial charge on any atom is -0.466 e. The molecule has 6 atom stereocenters. The number of carbonyl (C=O) groups excluding carboxylic acids is 3. The Morgan fingerprint density at radius 1 is 0.485 bits per heavy atom. The number of ether oxygens (including phenoxy) is 2. The summed E-state index contributed by atoms with van der Waals surface area (Å²) >= 11 is 5.32. The van der Waals surface area contributed by atoms with E-state index in [1.54, 1.807) is 40.9 Å². The Bertz CT molecular complexity index is 3900. The van der Waals surface area contributed by atoms with Crippen LogP contribution < -0.4 is 31.1 Å². The normalized spacial score (nSPS) is 25.3. The molecule has 103 heavy (non-hydrogen) atoms. The SMILES string of the molecule is CC1(C)CCC(C)(C)c2cc(-c3csc(N4CCC(N)CC4)n3)ccc21.CC1(C)CCC(C)(C)c2cc(-c3csc(N4CCC(NCC5CC5CO)CC4)n3)ccc21.CCOC(=O)C1CC1C=O.CCOC(=O)C1CC1CNC1CCN(c2nc(-c3ccc4c(c3)C(C)(C)CCC4(C)C)cs2)CC1. The number of esters is 2. The number of anilines is 3. The van der Waals surface area contributed by atoms with Crippen LogP contribution in [0.25, 0.3) is 33.8 Å². The van der Waals surface area contributed by atoms with Crippen molar-refractivity contribution in [1.82, 2.24) is 25.6 Å². The van der Waals surface area contributed by atoms with Gasteiger partial charge in [-0.3, -0.25) is 9.59 Å². The molecule has 3 saturated carbocycles. The standard InChI is InChI=1S/C29H41N3O2S.C27H39N3OS.C22H31N3S.C7H10O3/c1-6-34-26(33)22-15-20(22)17-30-21-9-13-32(14-10-21)27-31-25(18-35-27)19-7-8-23-24(16-19)29(4,5)12-11-28(23,2)3;1-26(2)9-10-27(3,4)23-14-18(5-6-22(23)26)24-17-32-25(29-24)30-11-7-21(8-12-30)28-15-19-13-20(19)16-31;1-21(2)9-10-22(3,4)18-13-15(5-6-17(18)21)19-14-26-20(24-19)25-11-7-16(23)8-12-25;1-2-10-7(9)6-3-5(6)4-8/h7-8,16,18,20-22,30H,6,9-15,17H2,1-5H3;5-6,14,17,19-21,28,31H,7-13,15-16H2,1-4H3;5-6,13-14,16H,7-12,23H2,1-4H3;4-6H,2-3H2,1H3. The number of nitrogens with two attached hydrogens (primary N) is 1. The van der Waals surface area contributed by atoms with Gasteiger partial charge in [0.25, 0.3) is 0 Å². The van der Waals surface area contributed by atoms with Crippen LogP contribution in [-0.2, 0) is 56.3 Å². The fraction of sp³-hybridized carbons (Fsp3) is 0.647. The topological polar surface area (TPSA) is 188 Å². The Kier molecular flexibility index (Phi) is 23.7. The third-order valence-corrected chi connectivity index (χ3v) is 27.7. The first-order valence-electron chi connectivity index (χ1n) is 39.2. The molecular formula is C85H121N9O6S3. The smallest absolute Gasteiger partial charge is 0.309 e. The number of benzene rings is 3. The van der Waals surface area contributed by atoms with E-state index in [0.29, 0.717) is 62.1 Å². The van der Waals surface area contributed by atoms with Gasteiger partial charge in [-0.2, -0.15) is 0 Å². The van der Waals surface area contributed by atoms with E-state index in [-0.39, 0.29) is 62.2 Å². The second-order valence-corrected chi connectivity index (χ2v) is 38.0. The molecule has 6 aliphatic carbocycles. The summed E-state index contributed by atoms with van der Waals surface area (Å²) in [4.78, 5) is 55.1. The van der Waals surface area contributed by atoms with E-state index < -0.39 is 0 Å². The van der Waals surface area contributed by atoms with Gasteiger partial charge < -0.3 is 50.4 Å². The quantitative estimate of drug-likeness (QED) is 0.0470. The lowest BCUT2D eigenvalue weighted by atomic mass is 9.63. The zero-order valence-corrected chi connectivity index (χ0v) is 67.0. The van der Waals surface area contributed by atoms with Crippen molar-refractivity contribution in [3.63, 3.8) is 0 Å². The monoisotopic (exact) mass is 1460 g/mol. The summed E-state index contributed by atoms with van der Waals surface area (Å²) in [7, 11) is 0. The van der Waals surface area contributed by atoms with Gasteiger partial charge in [0.15, 0.2) is 15.4 Å². The molecule has 15 rings (SSSR count). The number of carbonyl (C=O) groups is 3. The summed E-state index contributed by atoms with van der Waals surface area (Å²) in [6, 6.07) is 22.6. The van der Waals surface area contributed by atoms with Crippen molar-refractivity contribution in [1.29, 1.82) is 0 Å². The van der Waals surface area contributed by atoms with Gasteiger partial charge in [-0.1, -0.05) is 119 Å². The number of hydrogen-bond donors (Lipinski definition) is 4. The molecule has 6 aromatic rings. The van der Waals surface area contributed by atoms with Crippen molar-refractivity contribution in [2.45, 2.75) is 244 Å². The number of nitrogens with zero attached hydrogens (tertiary/aromatic N) is 6. The maximum Gasteiger partial charge on any atom is 0.309 e. The van der Waals surface area contributed by atoms with Gasteiger partial charge in [-0.25, -0.2) is 15.0 Å². The van der Waals surface area contributed by atoms with E-state index in [9.17, 15) is 19.5 Å². The second-order valence-electron chi connectivity index (χ2n) is 35.5. The van der Waals surface area contributed by atoms with Crippen LogP contribution in [0.2, 0.25) is 0 Å². The van der Waals surface area contributed by atoms with E-state index in [4.69, 9.17) is 30.2 Å². The number of thiazole rings is 3. The van der Waals surface area contributed by atoms with Crippen LogP contribution in [0.3, 0.4) is 0 Å². The average molecular weight is 1460 g/mol. The van der Waals surface area contributed by atoms with Crippen LogP contribution in [0, 0.1) is 35.5 Å². The summed E-state index contributed by atoms with van der Waals surface area (Å²) in [5.74, 6) is 1.41. The first kappa shape index (κ1) is 77.0. The van der Waals surface area contributed by atoms with Gasteiger partial charge in [0.05, 0.1) is 42.1 Å². The molecule has 6 unspecified atom stereocenters. The van der Waals surface area contributed by atoms with Crippen molar-refractivity contribution >= 4 is 67.6 Å². The zero-order valence-electron chi connectivity index (χ0n) is 64.6. The maximum atomic E-state index is 11.8. The molecule has 3 saturated heterocycles. The highest BCUT2D eigenvalue weighted by molar-refractivity contribution is 7.14. The Morgan fingerprint density at radius 2 is 0.825 bits per heavy atom. The van der Waals surface area contributed by atoms with Gasteiger partial charge in [0, 0.05) is 103 Å². The molecule has 3 aromatic heterocycles. The number of piperidine rings is 3. The van der Waals surface area contributed by atoms with Crippen LogP contribution in [-0.4, -0.2) is 129 Å². The van der Waals surface area contributed by atoms with Crippen LogP contribution in [0.4, 0.5) is 15.4 Å². The van der Waals surface area contributed by atoms with Gasteiger partial charge in [-0.05, 0) is 225 Å². The van der Waals surface area contributed by atoms with Crippen LogP contribution in [0.5, 0.6) is 0 Å². The van der Waals surface area contributed by atoms with Gasteiger partial charge >= 0.3 is 11.9 Å². The molecule has 560 valence electrons. The fourth-order valence-electron chi connectivity index (χ4n) is 16.8. The number of rotatable bonds is 18. The maximum absolute atomic E-state index is 11.8. The van der Waals surface area contributed by atoms with Gasteiger partial charge in [0.1, 0.15) is 6.29 Å². The van der Waals surface area contributed by atoms with Gasteiger partial charge in [0.2, 0.25) is 0 Å². The minimum absolute atomic E-state index is 0.0140. The Balaban J connectivity index is 0.000000137. The van der Waals surface area contributed by atoms with E-state index in [1.807, 2.05) is 6.92 Å². The molecule has 9 aliphatic rings. The molecule has 18 heteroatoms. The highest BCUT2D eigenvalue weighted by Crippen LogP contribution is 2.51. The minimum atomic E-state index is -0.223. The summed E-state index contributed by atoms with van der Waals surface area (Å²) in [6.07, 6.45) is 17.9. The highest BCUT2D eigenvalue weighted by atomic mass is 32.1. The molecule has 3 aromatic carbocycles. The molecule has 0 radical (unpaired) electrons. The van der Waals surface area contributed by atoms with Crippen LogP contribution >= 0.6 is 34.0 Å². The summed E-state index contributed by atoms with van der Waals surface area (Å²) in [5.41, 5.74) is 23.6. The summed E-state index contributed by atoms with van der Waals surface area (Å²) in [6.45, 7) is 41.7. The molecule has 0 spiro atoms. The first-order valence-corrected chi connectivity index (χ1v) is 41.8. The van der Waals surface area contributed by atoms with Crippen molar-refractivity contribution in [2.24, 2.45) is 41.2 Å². The number of fused-ring (bicyclic) bond motifs is 3. The van der Waals surface area contributed by atoms with E-state index in [0.717, 1.165) is 118 Å². The van der Waals surface area contributed by atoms with Crippen molar-refractivity contribution in [2.75, 3.05) is 86.9 Å². The van der Waals surface area contributed by atoms with Crippen LogP contribution in [0.1, 0.15) is 227 Å². The van der Waals surface area contributed by atoms with Crippen molar-refractivity contribution < 1.29 is 29.0 Å². The molecular weight excluding hydrogens is 1340 g/mol. The third-order valence-electron chi connectivity index (χ3n) is 25.0. The Morgan fingerprint density at radius 3 is 1.16 bits per heavy atom. The van der Waals surface area contributed by atoms with E-state index in [1.165, 1.54) is 113 Å². The molecule has 0 bridgehead atoms. The molecule has 6 heterocycles. The fourth-order valence-corrected chi connectivity index (χ4v) is 19.5. The first-order chi connectivity index (χ1) is 49.0. The molecule has 6 fully saturated rings. The van der Waals surface area contributed by atoms with E-state index in [2.05, 4.69) is 179 Å². The lowest BCUT2D eigenvalue weighted by molar-refractivity contribution is -0.146. The number of aldehydes is 1. The molecule has 15 nitrogen and oxygen atoms in total. The highest BCUT2D eigenvalue weighted by Gasteiger charge is 2.46. The summed E-state index contributed by atoms with van der Waals surface area (Å²) < 4.78 is 9.85. The predicted molar refractivity (Wildman–Crippen MR) is 426 cm³/mol. The number of aliphatic hydroxyl groups is 1. The largest absolute Gasteiger partial charge is 0.466 e. The zero-order chi connectivity index (χ0) is 73.4. The number of aromatic nitrogens is 3. The Labute approximate surface area is 628 Å². The van der Waals surface area contributed by atoms with E-state index >= 15 is 0 Å². The van der Waals surface area contributed by atoms with Crippen molar-refractivity contribution in [3.8, 4) is 33.8 Å². The number of hydrogen-bond acceptors (Lipinski definition) is 18. The number of aliphatic hydroxyl groups excluding tert-OH is 1. The molecule has 5 N–H and O–H groups in total. The third kappa shape index (κ3) is 18.2. The molecule has 0 amide bonds. The van der Waals surface area contributed by atoms with Crippen molar-refractivity contribution in [3.05, 3.63) is 104 Å². The lowest BCUT2D eigenvalue weighted by Gasteiger charge is -2.42.